The van der Waals surface area contributed by atoms with E-state index in [1.165, 1.54) is 12.1 Å². The number of rotatable bonds is 6. The van der Waals surface area contributed by atoms with Crippen molar-refractivity contribution >= 4 is 23.0 Å². The molecule has 5 nitrogen and oxygen atoms in total. The van der Waals surface area contributed by atoms with Gasteiger partial charge in [-0.05, 0) is 91.1 Å². The summed E-state index contributed by atoms with van der Waals surface area (Å²) in [4.78, 5) is 6.71. The van der Waals surface area contributed by atoms with Gasteiger partial charge in [-0.2, -0.15) is 0 Å². The number of para-hydroxylation sites is 1. The maximum Gasteiger partial charge on any atom is 0.174 e. The molecule has 37 heavy (non-hydrogen) atoms. The number of nitrogens with zero attached hydrogens (tertiary/aromatic N) is 3. The van der Waals surface area contributed by atoms with Crippen molar-refractivity contribution in [3.05, 3.63) is 139 Å². The number of ether oxygens (including phenoxy) is 1. The monoisotopic (exact) mass is 506 g/mol. The summed E-state index contributed by atoms with van der Waals surface area (Å²) in [6.45, 7) is 0. The second kappa shape index (κ2) is 9.87. The highest BCUT2D eigenvalue weighted by Gasteiger charge is 2.42. The lowest BCUT2D eigenvalue weighted by Crippen LogP contribution is -2.30. The number of benzene rings is 3. The molecule has 0 saturated carbocycles. The number of thiocarbonyl (C=S) groups is 1. The zero-order chi connectivity index (χ0) is 25.2. The molecule has 0 aliphatic carbocycles. The molecular formula is C30H23FN4OS. The van der Waals surface area contributed by atoms with E-state index in [2.05, 4.69) is 15.2 Å². The first-order valence-electron chi connectivity index (χ1n) is 11.9. The Labute approximate surface area is 219 Å². The van der Waals surface area contributed by atoms with Crippen molar-refractivity contribution in [2.75, 3.05) is 4.90 Å². The first kappa shape index (κ1) is 22.9. The van der Waals surface area contributed by atoms with Crippen LogP contribution in [0.25, 0.3) is 5.69 Å². The van der Waals surface area contributed by atoms with Crippen LogP contribution in [0.3, 0.4) is 0 Å². The SMILES string of the molecule is Fc1cccc(-n2cccc2C2C(c3ccccn3)NC(=S)N2c2ccc(Oc3ccccc3)cc2)c1. The van der Waals surface area contributed by atoms with Crippen LogP contribution in [0, 0.1) is 5.82 Å². The molecule has 182 valence electrons. The van der Waals surface area contributed by atoms with Gasteiger partial charge in [0, 0.05) is 29.5 Å². The van der Waals surface area contributed by atoms with Gasteiger partial charge < -0.3 is 19.5 Å². The molecule has 2 unspecified atom stereocenters. The summed E-state index contributed by atoms with van der Waals surface area (Å²) < 4.78 is 22.1. The molecule has 0 amide bonds. The second-order valence-corrected chi connectivity index (χ2v) is 9.08. The predicted molar refractivity (Wildman–Crippen MR) is 147 cm³/mol. The van der Waals surface area contributed by atoms with E-state index in [1.807, 2.05) is 102 Å². The molecule has 0 bridgehead atoms. The van der Waals surface area contributed by atoms with E-state index in [-0.39, 0.29) is 17.9 Å². The average Bonchev–Trinajstić information content (AvgIpc) is 3.55. The molecule has 1 fully saturated rings. The Morgan fingerprint density at radius 2 is 1.57 bits per heavy atom. The Morgan fingerprint density at radius 1 is 0.784 bits per heavy atom. The van der Waals surface area contributed by atoms with E-state index in [0.29, 0.717) is 5.11 Å². The van der Waals surface area contributed by atoms with Gasteiger partial charge in [0.1, 0.15) is 23.4 Å². The number of nitrogens with one attached hydrogen (secondary N) is 1. The molecule has 5 aromatic rings. The molecule has 1 saturated heterocycles. The van der Waals surface area contributed by atoms with Crippen molar-refractivity contribution in [2.24, 2.45) is 0 Å². The fraction of sp³-hybridized carbons (Fsp3) is 0.0667. The van der Waals surface area contributed by atoms with Gasteiger partial charge in [-0.15, -0.1) is 0 Å². The highest BCUT2D eigenvalue weighted by atomic mass is 32.1. The molecule has 3 heterocycles. The van der Waals surface area contributed by atoms with Crippen molar-refractivity contribution in [2.45, 2.75) is 12.1 Å². The lowest BCUT2D eigenvalue weighted by atomic mass is 10.0. The van der Waals surface area contributed by atoms with Crippen LogP contribution < -0.4 is 15.0 Å². The fourth-order valence-corrected chi connectivity index (χ4v) is 5.08. The van der Waals surface area contributed by atoms with Gasteiger partial charge in [0.2, 0.25) is 0 Å². The molecule has 7 heteroatoms. The molecule has 2 atom stereocenters. The number of anilines is 1. The van der Waals surface area contributed by atoms with E-state index in [9.17, 15) is 4.39 Å². The Bertz CT molecular complexity index is 1520. The molecule has 0 radical (unpaired) electrons. The Balaban J connectivity index is 1.41. The number of hydrogen-bond donors (Lipinski definition) is 1. The van der Waals surface area contributed by atoms with Crippen molar-refractivity contribution in [3.8, 4) is 17.2 Å². The van der Waals surface area contributed by atoms with Crippen LogP contribution in [-0.4, -0.2) is 14.7 Å². The lowest BCUT2D eigenvalue weighted by molar-refractivity contribution is 0.482. The van der Waals surface area contributed by atoms with Gasteiger partial charge in [0.05, 0.1) is 11.7 Å². The van der Waals surface area contributed by atoms with Crippen LogP contribution >= 0.6 is 12.2 Å². The molecular weight excluding hydrogens is 483 g/mol. The van der Waals surface area contributed by atoms with Crippen LogP contribution in [0.4, 0.5) is 10.1 Å². The fourth-order valence-electron chi connectivity index (χ4n) is 4.73. The van der Waals surface area contributed by atoms with Gasteiger partial charge in [-0.3, -0.25) is 4.98 Å². The molecule has 6 rings (SSSR count). The maximum absolute atomic E-state index is 14.1. The third-order valence-corrected chi connectivity index (χ3v) is 6.68. The number of hydrogen-bond acceptors (Lipinski definition) is 3. The number of pyridine rings is 1. The van der Waals surface area contributed by atoms with Gasteiger partial charge in [0.15, 0.2) is 5.11 Å². The summed E-state index contributed by atoms with van der Waals surface area (Å²) in [5.74, 6) is 1.22. The Hall–Kier alpha value is -4.49. The summed E-state index contributed by atoms with van der Waals surface area (Å²) in [7, 11) is 0. The Morgan fingerprint density at radius 3 is 2.32 bits per heavy atom. The van der Waals surface area contributed by atoms with Gasteiger partial charge in [-0.25, -0.2) is 4.39 Å². The smallest absolute Gasteiger partial charge is 0.174 e. The van der Waals surface area contributed by atoms with Crippen LogP contribution in [0.5, 0.6) is 11.5 Å². The molecule has 0 spiro atoms. The minimum absolute atomic E-state index is 0.212. The van der Waals surface area contributed by atoms with Crippen molar-refractivity contribution in [3.63, 3.8) is 0 Å². The topological polar surface area (TPSA) is 42.3 Å². The van der Waals surface area contributed by atoms with Crippen LogP contribution in [0.2, 0.25) is 0 Å². The quantitative estimate of drug-likeness (QED) is 0.252. The highest BCUT2D eigenvalue weighted by molar-refractivity contribution is 7.80. The van der Waals surface area contributed by atoms with E-state index in [0.717, 1.165) is 34.3 Å². The Kier molecular flexibility index (Phi) is 6.12. The summed E-state index contributed by atoms with van der Waals surface area (Å²) in [6, 6.07) is 33.5. The zero-order valence-corrected chi connectivity index (χ0v) is 20.6. The largest absolute Gasteiger partial charge is 0.457 e. The lowest BCUT2D eigenvalue weighted by Gasteiger charge is -2.29. The normalized spacial score (nSPS) is 17.0. The molecule has 1 aliphatic heterocycles. The van der Waals surface area contributed by atoms with Crippen molar-refractivity contribution < 1.29 is 9.13 Å². The predicted octanol–water partition coefficient (Wildman–Crippen LogP) is 6.98. The van der Waals surface area contributed by atoms with Crippen LogP contribution in [-0.2, 0) is 0 Å². The van der Waals surface area contributed by atoms with E-state index >= 15 is 0 Å². The highest BCUT2D eigenvalue weighted by Crippen LogP contribution is 2.42. The summed E-state index contributed by atoms with van der Waals surface area (Å²) >= 11 is 5.86. The van der Waals surface area contributed by atoms with Crippen LogP contribution in [0.15, 0.2) is 122 Å². The summed E-state index contributed by atoms with van der Waals surface area (Å²) in [6.07, 6.45) is 3.72. The average molecular weight is 507 g/mol. The first-order chi connectivity index (χ1) is 18.2. The zero-order valence-electron chi connectivity index (χ0n) is 19.7. The standard InChI is InChI=1S/C30H23FN4OS/c31-21-8-6-9-23(20-21)34-19-7-13-27(34)29-28(26-12-4-5-18-32-26)33-30(37)35(29)22-14-16-25(17-15-22)36-24-10-2-1-3-11-24/h1-20,28-29H,(H,33,37). The second-order valence-electron chi connectivity index (χ2n) is 8.69. The van der Waals surface area contributed by atoms with E-state index < -0.39 is 0 Å². The molecule has 2 aromatic heterocycles. The molecule has 1 aliphatic rings. The van der Waals surface area contributed by atoms with Gasteiger partial charge in [0.25, 0.3) is 0 Å². The third-order valence-electron chi connectivity index (χ3n) is 6.36. The van der Waals surface area contributed by atoms with Gasteiger partial charge >= 0.3 is 0 Å². The minimum atomic E-state index is -0.288. The number of aromatic nitrogens is 2. The van der Waals surface area contributed by atoms with Crippen LogP contribution in [0.1, 0.15) is 23.5 Å². The van der Waals surface area contributed by atoms with E-state index in [1.54, 1.807) is 12.3 Å². The summed E-state index contributed by atoms with van der Waals surface area (Å²) in [5.41, 5.74) is 3.48. The van der Waals surface area contributed by atoms with Crippen molar-refractivity contribution in [1.82, 2.24) is 14.9 Å². The maximum atomic E-state index is 14.1. The minimum Gasteiger partial charge on any atom is -0.457 e. The first-order valence-corrected chi connectivity index (χ1v) is 12.3. The molecule has 3 aromatic carbocycles. The molecule has 1 N–H and O–H groups in total. The van der Waals surface area contributed by atoms with E-state index in [4.69, 9.17) is 17.0 Å². The van der Waals surface area contributed by atoms with Gasteiger partial charge in [-0.1, -0.05) is 30.3 Å². The third kappa shape index (κ3) is 4.57. The number of halogens is 1. The van der Waals surface area contributed by atoms with Crippen molar-refractivity contribution in [1.29, 1.82) is 0 Å². The summed E-state index contributed by atoms with van der Waals surface area (Å²) in [5, 5.41) is 4.07.